The first-order valence-electron chi connectivity index (χ1n) is 5.94. The van der Waals surface area contributed by atoms with Gasteiger partial charge in [0.25, 0.3) is 0 Å². The fourth-order valence-electron chi connectivity index (χ4n) is 1.75. The zero-order valence-electron chi connectivity index (χ0n) is 10.7. The van der Waals surface area contributed by atoms with Crippen LogP contribution in [-0.2, 0) is 5.75 Å². The molecule has 0 radical (unpaired) electrons. The maximum atomic E-state index is 11.0. The Balaban J connectivity index is 2.12. The van der Waals surface area contributed by atoms with E-state index in [2.05, 4.69) is 19.1 Å². The molecule has 0 aliphatic rings. The molecule has 0 heterocycles. The highest BCUT2D eigenvalue weighted by Gasteiger charge is 2.06. The van der Waals surface area contributed by atoms with Gasteiger partial charge in [0.05, 0.1) is 0 Å². The van der Waals surface area contributed by atoms with Crippen LogP contribution in [0.1, 0.15) is 21.5 Å². The molecule has 0 unspecified atom stereocenters. The van der Waals surface area contributed by atoms with Crippen LogP contribution in [0.25, 0.3) is 0 Å². The third kappa shape index (κ3) is 3.29. The van der Waals surface area contributed by atoms with Crippen LogP contribution < -0.4 is 11.5 Å². The number of nitrogen functional groups attached to an aromatic ring is 1. The number of carbonyl (C=O) groups excluding carboxylic acids is 1. The van der Waals surface area contributed by atoms with E-state index >= 15 is 0 Å². The smallest absolute Gasteiger partial charge is 0.248 e. The summed E-state index contributed by atoms with van der Waals surface area (Å²) in [6.07, 6.45) is 0. The number of carbonyl (C=O) groups is 1. The lowest BCUT2D eigenvalue weighted by molar-refractivity contribution is 0.100. The van der Waals surface area contributed by atoms with Gasteiger partial charge >= 0.3 is 0 Å². The van der Waals surface area contributed by atoms with Gasteiger partial charge in [-0.05, 0) is 36.2 Å². The summed E-state index contributed by atoms with van der Waals surface area (Å²) in [5, 5.41) is 0. The SMILES string of the molecule is Cc1ccccc1SCc1ccc(C(N)=O)cc1N. The number of benzene rings is 2. The van der Waals surface area contributed by atoms with Gasteiger partial charge in [0.1, 0.15) is 0 Å². The number of thioether (sulfide) groups is 1. The predicted octanol–water partition coefficient (Wildman–Crippen LogP) is 2.97. The van der Waals surface area contributed by atoms with Crippen LogP contribution in [0.5, 0.6) is 0 Å². The molecule has 0 atom stereocenters. The van der Waals surface area contributed by atoms with Gasteiger partial charge in [-0.3, -0.25) is 4.79 Å². The van der Waals surface area contributed by atoms with Gasteiger partial charge in [-0.25, -0.2) is 0 Å². The van der Waals surface area contributed by atoms with E-state index in [1.54, 1.807) is 23.9 Å². The third-order valence-corrected chi connectivity index (χ3v) is 4.13. The summed E-state index contributed by atoms with van der Waals surface area (Å²) in [7, 11) is 0. The van der Waals surface area contributed by atoms with Gasteiger partial charge in [-0.15, -0.1) is 11.8 Å². The van der Waals surface area contributed by atoms with Crippen molar-refractivity contribution >= 4 is 23.4 Å². The molecular weight excluding hydrogens is 256 g/mol. The molecule has 0 aromatic heterocycles. The lowest BCUT2D eigenvalue weighted by Gasteiger charge is -2.08. The zero-order valence-corrected chi connectivity index (χ0v) is 11.5. The maximum Gasteiger partial charge on any atom is 0.248 e. The highest BCUT2D eigenvalue weighted by atomic mass is 32.2. The number of aryl methyl sites for hydroxylation is 1. The van der Waals surface area contributed by atoms with Crippen LogP contribution in [-0.4, -0.2) is 5.91 Å². The quantitative estimate of drug-likeness (QED) is 0.664. The zero-order chi connectivity index (χ0) is 13.8. The molecule has 0 saturated heterocycles. The summed E-state index contributed by atoms with van der Waals surface area (Å²) < 4.78 is 0. The lowest BCUT2D eigenvalue weighted by atomic mass is 10.1. The molecule has 2 rings (SSSR count). The summed E-state index contributed by atoms with van der Waals surface area (Å²) >= 11 is 1.73. The van der Waals surface area contributed by atoms with E-state index in [1.165, 1.54) is 10.5 Å². The van der Waals surface area contributed by atoms with Crippen molar-refractivity contribution in [3.63, 3.8) is 0 Å². The number of rotatable bonds is 4. The molecule has 0 saturated carbocycles. The second-order valence-electron chi connectivity index (χ2n) is 4.33. The Labute approximate surface area is 117 Å². The van der Waals surface area contributed by atoms with Crippen LogP contribution >= 0.6 is 11.8 Å². The number of hydrogen-bond acceptors (Lipinski definition) is 3. The summed E-state index contributed by atoms with van der Waals surface area (Å²) in [4.78, 5) is 12.3. The maximum absolute atomic E-state index is 11.0. The molecule has 0 aliphatic carbocycles. The first-order chi connectivity index (χ1) is 9.08. The van der Waals surface area contributed by atoms with Crippen molar-refractivity contribution in [3.05, 3.63) is 59.2 Å². The fraction of sp³-hybridized carbons (Fsp3) is 0.133. The Bertz CT molecular complexity index is 611. The molecular formula is C15H16N2OS. The highest BCUT2D eigenvalue weighted by molar-refractivity contribution is 7.98. The lowest BCUT2D eigenvalue weighted by Crippen LogP contribution is -2.11. The Morgan fingerprint density at radius 1 is 1.21 bits per heavy atom. The molecule has 0 aliphatic heterocycles. The van der Waals surface area contributed by atoms with E-state index in [0.29, 0.717) is 11.3 Å². The van der Waals surface area contributed by atoms with E-state index in [4.69, 9.17) is 11.5 Å². The summed E-state index contributed by atoms with van der Waals surface area (Å²) in [5.74, 6) is 0.320. The van der Waals surface area contributed by atoms with Crippen molar-refractivity contribution in [3.8, 4) is 0 Å². The standard InChI is InChI=1S/C15H16N2OS/c1-10-4-2-3-5-14(10)19-9-12-7-6-11(15(17)18)8-13(12)16/h2-8H,9,16H2,1H3,(H2,17,18). The molecule has 0 bridgehead atoms. The topological polar surface area (TPSA) is 69.1 Å². The second-order valence-corrected chi connectivity index (χ2v) is 5.35. The van der Waals surface area contributed by atoms with E-state index in [-0.39, 0.29) is 0 Å². The van der Waals surface area contributed by atoms with E-state index < -0.39 is 5.91 Å². The molecule has 3 nitrogen and oxygen atoms in total. The average molecular weight is 272 g/mol. The highest BCUT2D eigenvalue weighted by Crippen LogP contribution is 2.28. The molecule has 0 spiro atoms. The van der Waals surface area contributed by atoms with Crippen LogP contribution in [0, 0.1) is 6.92 Å². The molecule has 2 aromatic rings. The van der Waals surface area contributed by atoms with Gasteiger partial charge in [-0.2, -0.15) is 0 Å². The van der Waals surface area contributed by atoms with E-state index in [1.807, 2.05) is 18.2 Å². The van der Waals surface area contributed by atoms with Crippen LogP contribution in [0.2, 0.25) is 0 Å². The molecule has 4 heteroatoms. The second kappa shape index (κ2) is 5.80. The minimum atomic E-state index is -0.454. The minimum Gasteiger partial charge on any atom is -0.398 e. The monoisotopic (exact) mass is 272 g/mol. The predicted molar refractivity (Wildman–Crippen MR) is 80.1 cm³/mol. The number of anilines is 1. The third-order valence-electron chi connectivity index (χ3n) is 2.91. The van der Waals surface area contributed by atoms with Gasteiger partial charge in [-0.1, -0.05) is 24.3 Å². The molecule has 98 valence electrons. The van der Waals surface area contributed by atoms with Crippen molar-refractivity contribution in [2.24, 2.45) is 5.73 Å². The molecule has 4 N–H and O–H groups in total. The number of primary amides is 1. The van der Waals surface area contributed by atoms with E-state index in [9.17, 15) is 4.79 Å². The normalized spacial score (nSPS) is 10.4. The molecule has 19 heavy (non-hydrogen) atoms. The first-order valence-corrected chi connectivity index (χ1v) is 6.93. The van der Waals surface area contributed by atoms with Crippen LogP contribution in [0.15, 0.2) is 47.4 Å². The van der Waals surface area contributed by atoms with Gasteiger partial charge in [0.2, 0.25) is 5.91 Å². The number of amides is 1. The number of nitrogens with two attached hydrogens (primary N) is 2. The van der Waals surface area contributed by atoms with Crippen molar-refractivity contribution in [1.29, 1.82) is 0 Å². The first kappa shape index (κ1) is 13.5. The largest absolute Gasteiger partial charge is 0.398 e. The fourth-order valence-corrected chi connectivity index (χ4v) is 2.80. The minimum absolute atomic E-state index is 0.446. The Kier molecular flexibility index (Phi) is 4.12. The van der Waals surface area contributed by atoms with Crippen molar-refractivity contribution in [1.82, 2.24) is 0 Å². The van der Waals surface area contributed by atoms with Crippen molar-refractivity contribution in [2.75, 3.05) is 5.73 Å². The Morgan fingerprint density at radius 3 is 2.58 bits per heavy atom. The van der Waals surface area contributed by atoms with Gasteiger partial charge in [0.15, 0.2) is 0 Å². The van der Waals surface area contributed by atoms with Gasteiger partial charge in [0, 0.05) is 21.9 Å². The van der Waals surface area contributed by atoms with Crippen molar-refractivity contribution in [2.45, 2.75) is 17.6 Å². The summed E-state index contributed by atoms with van der Waals surface area (Å²) in [5.41, 5.74) is 14.5. The average Bonchev–Trinajstić information content (AvgIpc) is 2.39. The van der Waals surface area contributed by atoms with Crippen LogP contribution in [0.3, 0.4) is 0 Å². The van der Waals surface area contributed by atoms with E-state index in [0.717, 1.165) is 11.3 Å². The Hall–Kier alpha value is -1.94. The summed E-state index contributed by atoms with van der Waals surface area (Å²) in [6.45, 7) is 2.09. The number of hydrogen-bond donors (Lipinski definition) is 2. The molecule has 1 amide bonds. The van der Waals surface area contributed by atoms with Crippen molar-refractivity contribution < 1.29 is 4.79 Å². The van der Waals surface area contributed by atoms with Crippen LogP contribution in [0.4, 0.5) is 5.69 Å². The summed E-state index contributed by atoms with van der Waals surface area (Å²) in [6, 6.07) is 13.4. The molecule has 2 aromatic carbocycles. The van der Waals surface area contributed by atoms with Gasteiger partial charge < -0.3 is 11.5 Å². The molecule has 0 fully saturated rings. The Morgan fingerprint density at radius 2 is 1.95 bits per heavy atom.